The number of nitrogens with one attached hydrogen (secondary N) is 1. The Morgan fingerprint density at radius 3 is 2.69 bits per heavy atom. The maximum Gasteiger partial charge on any atom is 0.266 e. The van der Waals surface area contributed by atoms with Crippen LogP contribution in [0.4, 0.5) is 5.69 Å². The third kappa shape index (κ3) is 4.54. The first-order valence-electron chi connectivity index (χ1n) is 8.57. The molecule has 0 aliphatic carbocycles. The van der Waals surface area contributed by atoms with Gasteiger partial charge >= 0.3 is 0 Å². The number of nitriles is 1. The zero-order chi connectivity index (χ0) is 21.0. The summed E-state index contributed by atoms with van der Waals surface area (Å²) < 4.78 is 1.67. The molecule has 0 saturated carbocycles. The lowest BCUT2D eigenvalue weighted by Gasteiger charge is -2.11. The Balaban J connectivity index is 1.93. The second kappa shape index (κ2) is 8.46. The molecule has 0 radical (unpaired) electrons. The van der Waals surface area contributed by atoms with E-state index in [0.717, 1.165) is 5.56 Å². The Bertz CT molecular complexity index is 1170. The van der Waals surface area contributed by atoms with E-state index < -0.39 is 11.9 Å². The molecule has 0 aliphatic rings. The largest absolute Gasteiger partial charge is 0.545 e. The molecular weight excluding hydrogens is 390 g/mol. The third-order valence-corrected chi connectivity index (χ3v) is 4.48. The Morgan fingerprint density at radius 2 is 1.97 bits per heavy atom. The van der Waals surface area contributed by atoms with Gasteiger partial charge in [0.2, 0.25) is 0 Å². The number of carbonyl (C=O) groups excluding carboxylic acids is 2. The van der Waals surface area contributed by atoms with Crippen molar-refractivity contribution in [2.75, 3.05) is 5.32 Å². The SMILES string of the molecule is Cc1ccc(Cl)cc1NC(=O)/C(C#N)=C/c1cccn1-c1cccc(C(=O)[O-])c1. The van der Waals surface area contributed by atoms with Crippen LogP contribution in [0.25, 0.3) is 11.8 Å². The minimum Gasteiger partial charge on any atom is -0.545 e. The van der Waals surface area contributed by atoms with Gasteiger partial charge in [-0.3, -0.25) is 4.79 Å². The van der Waals surface area contributed by atoms with Gasteiger partial charge in [-0.05, 0) is 60.5 Å². The smallest absolute Gasteiger partial charge is 0.266 e. The number of aryl methyl sites for hydroxylation is 1. The number of aromatic carboxylic acids is 1. The topological polar surface area (TPSA) is 98.0 Å². The van der Waals surface area contributed by atoms with Crippen molar-refractivity contribution in [2.24, 2.45) is 0 Å². The molecule has 3 rings (SSSR count). The minimum absolute atomic E-state index is 0.0285. The lowest BCUT2D eigenvalue weighted by molar-refractivity contribution is -0.255. The van der Waals surface area contributed by atoms with Gasteiger partial charge < -0.3 is 19.8 Å². The Hall–Kier alpha value is -3.82. The van der Waals surface area contributed by atoms with Gasteiger partial charge in [0, 0.05) is 28.3 Å². The number of aromatic nitrogens is 1. The molecule has 7 heteroatoms. The van der Waals surface area contributed by atoms with Crippen molar-refractivity contribution < 1.29 is 14.7 Å². The maximum atomic E-state index is 12.6. The first-order chi connectivity index (χ1) is 13.9. The van der Waals surface area contributed by atoms with Crippen molar-refractivity contribution >= 4 is 35.2 Å². The maximum absolute atomic E-state index is 12.6. The molecule has 0 spiro atoms. The van der Waals surface area contributed by atoms with Crippen molar-refractivity contribution in [3.05, 3.63) is 88.2 Å². The Kier molecular flexibility index (Phi) is 5.82. The van der Waals surface area contributed by atoms with E-state index in [0.29, 0.717) is 22.1 Å². The molecule has 0 atom stereocenters. The quantitative estimate of drug-likeness (QED) is 0.520. The number of carboxylic acids is 1. The van der Waals surface area contributed by atoms with E-state index in [-0.39, 0.29) is 11.1 Å². The molecule has 1 amide bonds. The van der Waals surface area contributed by atoms with Crippen molar-refractivity contribution in [3.63, 3.8) is 0 Å². The van der Waals surface area contributed by atoms with Crippen LogP contribution >= 0.6 is 11.6 Å². The van der Waals surface area contributed by atoms with Gasteiger partial charge in [-0.2, -0.15) is 5.26 Å². The summed E-state index contributed by atoms with van der Waals surface area (Å²) in [6.45, 7) is 1.82. The van der Waals surface area contributed by atoms with E-state index in [1.54, 1.807) is 53.2 Å². The minimum atomic E-state index is -1.29. The summed E-state index contributed by atoms with van der Waals surface area (Å²) in [7, 11) is 0. The van der Waals surface area contributed by atoms with Crippen molar-refractivity contribution in [3.8, 4) is 11.8 Å². The van der Waals surface area contributed by atoms with Crippen LogP contribution in [0, 0.1) is 18.3 Å². The molecule has 0 saturated heterocycles. The number of carboxylic acid groups (broad SMARTS) is 1. The molecule has 0 bridgehead atoms. The van der Waals surface area contributed by atoms with Crippen LogP contribution in [0.1, 0.15) is 21.6 Å². The number of rotatable bonds is 5. The fourth-order valence-electron chi connectivity index (χ4n) is 2.74. The molecule has 1 aromatic heterocycles. The molecule has 144 valence electrons. The molecule has 0 unspecified atom stereocenters. The van der Waals surface area contributed by atoms with E-state index in [1.165, 1.54) is 18.2 Å². The average molecular weight is 405 g/mol. The van der Waals surface area contributed by atoms with Gasteiger partial charge in [-0.1, -0.05) is 29.8 Å². The number of nitrogens with zero attached hydrogens (tertiary/aromatic N) is 2. The lowest BCUT2D eigenvalue weighted by atomic mass is 10.1. The summed E-state index contributed by atoms with van der Waals surface area (Å²) in [4.78, 5) is 23.7. The highest BCUT2D eigenvalue weighted by atomic mass is 35.5. The van der Waals surface area contributed by atoms with Gasteiger partial charge in [0.05, 0.1) is 5.97 Å². The van der Waals surface area contributed by atoms with E-state index >= 15 is 0 Å². The number of amides is 1. The molecule has 2 aromatic carbocycles. The number of halogens is 1. The van der Waals surface area contributed by atoms with Crippen LogP contribution < -0.4 is 10.4 Å². The molecule has 29 heavy (non-hydrogen) atoms. The fraction of sp³-hybridized carbons (Fsp3) is 0.0455. The van der Waals surface area contributed by atoms with Gasteiger partial charge in [0.1, 0.15) is 11.6 Å². The summed E-state index contributed by atoms with van der Waals surface area (Å²) >= 11 is 5.97. The summed E-state index contributed by atoms with van der Waals surface area (Å²) in [5, 5.41) is 23.7. The summed E-state index contributed by atoms with van der Waals surface area (Å²) in [6.07, 6.45) is 3.13. The molecule has 1 heterocycles. The van der Waals surface area contributed by atoms with Crippen molar-refractivity contribution in [1.82, 2.24) is 4.57 Å². The molecular formula is C22H15ClN3O3-. The van der Waals surface area contributed by atoms with Crippen molar-refractivity contribution in [1.29, 1.82) is 5.26 Å². The normalized spacial score (nSPS) is 11.0. The van der Waals surface area contributed by atoms with Crippen LogP contribution in [0.5, 0.6) is 0 Å². The van der Waals surface area contributed by atoms with Crippen LogP contribution in [0.2, 0.25) is 5.02 Å². The number of hydrogen-bond acceptors (Lipinski definition) is 4. The Labute approximate surface area is 172 Å². The first-order valence-corrected chi connectivity index (χ1v) is 8.95. The summed E-state index contributed by atoms with van der Waals surface area (Å²) in [5.74, 6) is -1.86. The molecule has 1 N–H and O–H groups in total. The third-order valence-electron chi connectivity index (χ3n) is 4.25. The zero-order valence-corrected chi connectivity index (χ0v) is 16.1. The summed E-state index contributed by atoms with van der Waals surface area (Å²) in [5.41, 5.74) is 2.34. The molecule has 0 aliphatic heterocycles. The van der Waals surface area contributed by atoms with E-state index in [4.69, 9.17) is 11.6 Å². The molecule has 6 nitrogen and oxygen atoms in total. The average Bonchev–Trinajstić information content (AvgIpc) is 3.17. The van der Waals surface area contributed by atoms with Gasteiger partial charge in [-0.15, -0.1) is 0 Å². The molecule has 0 fully saturated rings. The second-order valence-corrected chi connectivity index (χ2v) is 6.66. The predicted molar refractivity (Wildman–Crippen MR) is 109 cm³/mol. The first kappa shape index (κ1) is 19.9. The highest BCUT2D eigenvalue weighted by Crippen LogP contribution is 2.22. The molecule has 3 aromatic rings. The fourth-order valence-corrected chi connectivity index (χ4v) is 2.92. The highest BCUT2D eigenvalue weighted by molar-refractivity contribution is 6.31. The van der Waals surface area contributed by atoms with Gasteiger partial charge in [0.15, 0.2) is 0 Å². The number of anilines is 1. The van der Waals surface area contributed by atoms with E-state index in [2.05, 4.69) is 5.32 Å². The monoisotopic (exact) mass is 404 g/mol. The van der Waals surface area contributed by atoms with Gasteiger partial charge in [0.25, 0.3) is 5.91 Å². The van der Waals surface area contributed by atoms with Crippen LogP contribution in [-0.4, -0.2) is 16.4 Å². The second-order valence-electron chi connectivity index (χ2n) is 6.22. The number of carbonyl (C=O) groups is 2. The number of hydrogen-bond donors (Lipinski definition) is 1. The van der Waals surface area contributed by atoms with Crippen LogP contribution in [-0.2, 0) is 4.79 Å². The van der Waals surface area contributed by atoms with Gasteiger partial charge in [-0.25, -0.2) is 0 Å². The van der Waals surface area contributed by atoms with Crippen LogP contribution in [0.3, 0.4) is 0 Å². The standard InChI is InChI=1S/C22H16ClN3O3/c1-14-7-8-17(23)12-20(14)25-21(27)16(13-24)11-19-6-3-9-26(19)18-5-2-4-15(10-18)22(28)29/h2-12H,1H3,(H,25,27)(H,28,29)/p-1/b16-11+. The van der Waals surface area contributed by atoms with E-state index in [1.807, 2.05) is 13.0 Å². The van der Waals surface area contributed by atoms with Crippen LogP contribution in [0.15, 0.2) is 66.4 Å². The summed E-state index contributed by atoms with van der Waals surface area (Å²) in [6, 6.07) is 16.6. The predicted octanol–water partition coefficient (Wildman–Crippen LogP) is 3.35. The number of benzene rings is 2. The highest BCUT2D eigenvalue weighted by Gasteiger charge is 2.13. The lowest BCUT2D eigenvalue weighted by Crippen LogP contribution is -2.22. The van der Waals surface area contributed by atoms with E-state index in [9.17, 15) is 20.0 Å². The van der Waals surface area contributed by atoms with Crippen molar-refractivity contribution in [2.45, 2.75) is 6.92 Å². The zero-order valence-electron chi connectivity index (χ0n) is 15.3. The Morgan fingerprint density at radius 1 is 1.17 bits per heavy atom.